The van der Waals surface area contributed by atoms with Crippen LogP contribution in [-0.4, -0.2) is 10.5 Å². The first kappa shape index (κ1) is 15.0. The zero-order valence-electron chi connectivity index (χ0n) is 13.5. The molecule has 0 unspecified atom stereocenters. The van der Waals surface area contributed by atoms with Crippen molar-refractivity contribution < 1.29 is 0 Å². The zero-order chi connectivity index (χ0) is 14.8. The molecule has 0 bridgehead atoms. The van der Waals surface area contributed by atoms with Gasteiger partial charge in [0.05, 0.1) is 0 Å². The van der Waals surface area contributed by atoms with Gasteiger partial charge in [-0.2, -0.15) is 25.3 Å². The first-order valence-electron chi connectivity index (χ1n) is 9.01. The Labute approximate surface area is 141 Å². The Morgan fingerprint density at radius 1 is 1.00 bits per heavy atom. The minimum Gasteiger partial charge on any atom is -0.176 e. The molecule has 3 fully saturated rings. The van der Waals surface area contributed by atoms with Crippen molar-refractivity contribution in [1.82, 2.24) is 0 Å². The van der Waals surface area contributed by atoms with E-state index in [0.717, 1.165) is 17.8 Å². The maximum atomic E-state index is 4.96. The Morgan fingerprint density at radius 2 is 1.81 bits per heavy atom. The van der Waals surface area contributed by atoms with E-state index in [1.165, 1.54) is 51.4 Å². The van der Waals surface area contributed by atoms with Crippen molar-refractivity contribution in [2.45, 2.75) is 75.7 Å². The minimum atomic E-state index is 0.498. The topological polar surface area (TPSA) is 0 Å². The molecule has 21 heavy (non-hydrogen) atoms. The normalized spacial score (nSPS) is 56.2. The van der Waals surface area contributed by atoms with Crippen LogP contribution in [0.15, 0.2) is 11.6 Å². The lowest BCUT2D eigenvalue weighted by Gasteiger charge is -2.57. The smallest absolute Gasteiger partial charge is 0.00735 e. The molecule has 0 amide bonds. The molecule has 0 aromatic heterocycles. The Balaban J connectivity index is 1.68. The number of rotatable bonds is 0. The van der Waals surface area contributed by atoms with Crippen molar-refractivity contribution >= 4 is 25.3 Å². The first-order valence-corrected chi connectivity index (χ1v) is 10.0. The molecule has 0 aromatic rings. The third-order valence-electron chi connectivity index (χ3n) is 8.03. The monoisotopic (exact) mass is 322 g/mol. The Morgan fingerprint density at radius 3 is 2.62 bits per heavy atom. The molecule has 0 N–H and O–H groups in total. The summed E-state index contributed by atoms with van der Waals surface area (Å²) in [4.78, 5) is 0. The first-order chi connectivity index (χ1) is 9.95. The summed E-state index contributed by atoms with van der Waals surface area (Å²) in [6, 6.07) is 0. The standard InChI is InChI=1S/C19H30S2/c1-18-9-7-13(20)11-12(18)3-4-14-15-5-6-17(21)19(15,2)10-8-16(14)18/h3,13-17,20-21H,4-11H2,1-2H3/t13-,14+,15+,16+,17+,18+,19+/m1/s1. The molecule has 0 radical (unpaired) electrons. The van der Waals surface area contributed by atoms with Gasteiger partial charge in [-0.25, -0.2) is 0 Å². The van der Waals surface area contributed by atoms with Crippen LogP contribution in [0.4, 0.5) is 0 Å². The van der Waals surface area contributed by atoms with Crippen molar-refractivity contribution in [2.75, 3.05) is 0 Å². The predicted molar refractivity (Wildman–Crippen MR) is 97.3 cm³/mol. The van der Waals surface area contributed by atoms with E-state index in [1.54, 1.807) is 5.57 Å². The Bertz CT molecular complexity index is 470. The van der Waals surface area contributed by atoms with Gasteiger partial charge in [-0.05, 0) is 80.0 Å². The van der Waals surface area contributed by atoms with E-state index in [1.807, 2.05) is 0 Å². The Hall–Kier alpha value is 0.440. The lowest BCUT2D eigenvalue weighted by molar-refractivity contribution is -0.0225. The molecule has 0 aromatic carbocycles. The number of fused-ring (bicyclic) bond motifs is 5. The summed E-state index contributed by atoms with van der Waals surface area (Å²) in [5.74, 6) is 2.81. The van der Waals surface area contributed by atoms with Gasteiger partial charge in [-0.15, -0.1) is 0 Å². The van der Waals surface area contributed by atoms with Crippen molar-refractivity contribution in [3.05, 3.63) is 11.6 Å². The fraction of sp³-hybridized carbons (Fsp3) is 0.895. The molecule has 4 rings (SSSR count). The van der Waals surface area contributed by atoms with Gasteiger partial charge >= 0.3 is 0 Å². The average Bonchev–Trinajstić information content (AvgIpc) is 2.76. The van der Waals surface area contributed by atoms with Crippen LogP contribution >= 0.6 is 25.3 Å². The third kappa shape index (κ3) is 2.04. The van der Waals surface area contributed by atoms with E-state index in [0.29, 0.717) is 21.3 Å². The second kappa shape index (κ2) is 4.97. The van der Waals surface area contributed by atoms with Crippen molar-refractivity contribution in [3.63, 3.8) is 0 Å². The van der Waals surface area contributed by atoms with Gasteiger partial charge in [0.2, 0.25) is 0 Å². The van der Waals surface area contributed by atoms with Gasteiger partial charge in [0, 0.05) is 10.5 Å². The lowest BCUT2D eigenvalue weighted by atomic mass is 9.48. The highest BCUT2D eigenvalue weighted by molar-refractivity contribution is 7.81. The summed E-state index contributed by atoms with van der Waals surface area (Å²) in [5, 5.41) is 1.26. The van der Waals surface area contributed by atoms with Crippen molar-refractivity contribution in [3.8, 4) is 0 Å². The molecule has 3 saturated carbocycles. The van der Waals surface area contributed by atoms with E-state index in [2.05, 4.69) is 19.9 Å². The van der Waals surface area contributed by atoms with Crippen LogP contribution < -0.4 is 0 Å². The molecule has 0 aliphatic heterocycles. The zero-order valence-corrected chi connectivity index (χ0v) is 15.3. The van der Waals surface area contributed by atoms with E-state index in [-0.39, 0.29) is 0 Å². The second-order valence-corrected chi connectivity index (χ2v) is 10.1. The molecule has 0 heterocycles. The number of thiol groups is 2. The molecule has 0 spiro atoms. The largest absolute Gasteiger partial charge is 0.176 e. The van der Waals surface area contributed by atoms with Crippen LogP contribution in [0.2, 0.25) is 0 Å². The molecule has 0 saturated heterocycles. The second-order valence-electron chi connectivity index (χ2n) is 8.79. The highest BCUT2D eigenvalue weighted by Gasteiger charge is 2.57. The van der Waals surface area contributed by atoms with Gasteiger partial charge in [0.1, 0.15) is 0 Å². The molecular formula is C19H30S2. The van der Waals surface area contributed by atoms with E-state index >= 15 is 0 Å². The Kier molecular flexibility index (Phi) is 3.55. The van der Waals surface area contributed by atoms with Crippen LogP contribution in [0.5, 0.6) is 0 Å². The lowest BCUT2D eigenvalue weighted by Crippen LogP contribution is -2.50. The van der Waals surface area contributed by atoms with Crippen molar-refractivity contribution in [1.29, 1.82) is 0 Å². The van der Waals surface area contributed by atoms with Gasteiger partial charge in [-0.1, -0.05) is 25.5 Å². The third-order valence-corrected chi connectivity index (χ3v) is 9.32. The quantitative estimate of drug-likeness (QED) is 0.424. The average molecular weight is 323 g/mol. The summed E-state index contributed by atoms with van der Waals surface area (Å²) in [7, 11) is 0. The summed E-state index contributed by atoms with van der Waals surface area (Å²) in [6.07, 6.45) is 13.6. The summed E-state index contributed by atoms with van der Waals surface area (Å²) < 4.78 is 0. The highest BCUT2D eigenvalue weighted by Crippen LogP contribution is 2.65. The maximum Gasteiger partial charge on any atom is 0.00735 e. The van der Waals surface area contributed by atoms with Gasteiger partial charge < -0.3 is 0 Å². The molecule has 4 aliphatic rings. The molecule has 118 valence electrons. The van der Waals surface area contributed by atoms with Crippen LogP contribution in [0.25, 0.3) is 0 Å². The van der Waals surface area contributed by atoms with Crippen molar-refractivity contribution in [2.24, 2.45) is 28.6 Å². The highest BCUT2D eigenvalue weighted by atomic mass is 32.1. The molecule has 4 aliphatic carbocycles. The SMILES string of the molecule is C[C@]12CC[C@H]3[C@@H](CC=C4C[C@H](S)CC[C@@]43C)[C@@H]1CC[C@@H]2S. The van der Waals surface area contributed by atoms with Crippen LogP contribution in [0.3, 0.4) is 0 Å². The summed E-state index contributed by atoms with van der Waals surface area (Å²) >= 11 is 9.72. The fourth-order valence-electron chi connectivity index (χ4n) is 6.61. The number of allylic oxidation sites excluding steroid dienone is 2. The van der Waals surface area contributed by atoms with Gasteiger partial charge in [-0.3, -0.25) is 0 Å². The predicted octanol–water partition coefficient (Wildman–Crippen LogP) is 5.55. The maximum absolute atomic E-state index is 4.96. The molecular weight excluding hydrogens is 292 g/mol. The summed E-state index contributed by atoms with van der Waals surface area (Å²) in [5.41, 5.74) is 2.78. The van der Waals surface area contributed by atoms with E-state index in [4.69, 9.17) is 25.3 Å². The number of hydrogen-bond donors (Lipinski definition) is 2. The molecule has 2 heteroatoms. The van der Waals surface area contributed by atoms with Gasteiger partial charge in [0.25, 0.3) is 0 Å². The van der Waals surface area contributed by atoms with Crippen LogP contribution in [0.1, 0.15) is 65.2 Å². The van der Waals surface area contributed by atoms with E-state index < -0.39 is 0 Å². The molecule has 0 nitrogen and oxygen atoms in total. The summed E-state index contributed by atoms with van der Waals surface area (Å²) in [6.45, 7) is 5.13. The fourth-order valence-corrected chi connectivity index (χ4v) is 7.41. The van der Waals surface area contributed by atoms with Gasteiger partial charge in [0.15, 0.2) is 0 Å². The number of hydrogen-bond acceptors (Lipinski definition) is 2. The van der Waals surface area contributed by atoms with Crippen LogP contribution in [0, 0.1) is 28.6 Å². The molecule has 7 atom stereocenters. The van der Waals surface area contributed by atoms with E-state index in [9.17, 15) is 0 Å². The minimum absolute atomic E-state index is 0.498. The van der Waals surface area contributed by atoms with Crippen LogP contribution in [-0.2, 0) is 0 Å².